The number of likely N-dealkylation sites (tertiary alicyclic amines) is 1. The summed E-state index contributed by atoms with van der Waals surface area (Å²) in [5.74, 6) is 2.79. The maximum absolute atomic E-state index is 13.6. The second-order valence-corrected chi connectivity index (χ2v) is 22.6. The van der Waals surface area contributed by atoms with Crippen LogP contribution in [-0.2, 0) is 27.4 Å². The third-order valence-electron chi connectivity index (χ3n) is 10.4. The van der Waals surface area contributed by atoms with Crippen molar-refractivity contribution in [2.75, 3.05) is 24.6 Å². The van der Waals surface area contributed by atoms with Gasteiger partial charge in [-0.3, -0.25) is 4.79 Å². The molecule has 1 aromatic heterocycles. The molecule has 4 aliphatic rings. The Morgan fingerprint density at radius 2 is 1.73 bits per heavy atom. The molecule has 2 aromatic rings. The van der Waals surface area contributed by atoms with Crippen molar-refractivity contribution in [3.63, 3.8) is 0 Å². The number of benzene rings is 1. The van der Waals surface area contributed by atoms with Gasteiger partial charge in [0.05, 0.1) is 17.4 Å². The molecule has 10 heteroatoms. The minimum absolute atomic E-state index is 0.172. The van der Waals surface area contributed by atoms with E-state index in [0.29, 0.717) is 32.2 Å². The van der Waals surface area contributed by atoms with Crippen molar-refractivity contribution in [1.29, 1.82) is 0 Å². The highest BCUT2D eigenvalue weighted by Gasteiger charge is 2.36. The zero-order valence-corrected chi connectivity index (χ0v) is 31.5. The van der Waals surface area contributed by atoms with E-state index in [4.69, 9.17) is 19.2 Å². The van der Waals surface area contributed by atoms with E-state index in [1.165, 1.54) is 19.3 Å². The number of aromatic nitrogens is 2. The third kappa shape index (κ3) is 8.29. The Morgan fingerprint density at radius 3 is 2.35 bits per heavy atom. The first kappa shape index (κ1) is 35.0. The quantitative estimate of drug-likeness (QED) is 0.175. The second kappa shape index (κ2) is 14.2. The average Bonchev–Trinajstić information content (AvgIpc) is 3.71. The number of carbonyl (C=O) groups excluding carboxylic acids is 2. The summed E-state index contributed by atoms with van der Waals surface area (Å²) in [6.45, 7) is 17.5. The van der Waals surface area contributed by atoms with Crippen molar-refractivity contribution in [1.82, 2.24) is 14.5 Å². The van der Waals surface area contributed by atoms with Crippen molar-refractivity contribution in [3.8, 4) is 17.1 Å². The lowest BCUT2D eigenvalue weighted by Crippen LogP contribution is -2.42. The van der Waals surface area contributed by atoms with E-state index in [-0.39, 0.29) is 30.1 Å². The minimum atomic E-state index is -1.26. The van der Waals surface area contributed by atoms with Gasteiger partial charge in [-0.15, -0.1) is 0 Å². The van der Waals surface area contributed by atoms with Crippen LogP contribution < -0.4 is 9.64 Å². The van der Waals surface area contributed by atoms with E-state index in [1.54, 1.807) is 0 Å². The van der Waals surface area contributed by atoms with E-state index in [0.717, 1.165) is 85.3 Å². The molecule has 1 aromatic carbocycles. The molecule has 0 spiro atoms. The zero-order valence-electron chi connectivity index (χ0n) is 30.5. The van der Waals surface area contributed by atoms with Crippen LogP contribution in [0.25, 0.3) is 11.4 Å². The lowest BCUT2D eigenvalue weighted by atomic mass is 9.91. The molecule has 0 unspecified atom stereocenters. The number of ether oxygens (including phenoxy) is 3. The molecule has 3 heterocycles. The number of piperidine rings is 1. The van der Waals surface area contributed by atoms with Crippen LogP contribution in [0.3, 0.4) is 0 Å². The molecule has 2 amide bonds. The molecule has 264 valence electrons. The molecular weight excluding hydrogens is 621 g/mol. The molecule has 3 fully saturated rings. The molecule has 9 nitrogen and oxygen atoms in total. The second-order valence-electron chi connectivity index (χ2n) is 16.9. The summed E-state index contributed by atoms with van der Waals surface area (Å²) < 4.78 is 21.2. The monoisotopic (exact) mass is 678 g/mol. The summed E-state index contributed by atoms with van der Waals surface area (Å²) in [5, 5.41) is 0. The van der Waals surface area contributed by atoms with Crippen LogP contribution in [0.4, 0.5) is 10.5 Å². The van der Waals surface area contributed by atoms with Gasteiger partial charge in [0.2, 0.25) is 5.91 Å². The maximum atomic E-state index is 13.6. The van der Waals surface area contributed by atoms with Gasteiger partial charge in [-0.2, -0.15) is 0 Å². The van der Waals surface area contributed by atoms with Crippen molar-refractivity contribution in [2.45, 2.75) is 148 Å². The SMILES string of the molecule is C[C@H]1CCc2c(ccc(-c3ncc(C4CCN(C(=O)OC(C)(C)C)CC4)n3COCC[Si](C)(C)C)c2OC2CCC2)N1C(=O)CC1CC1. The maximum Gasteiger partial charge on any atom is 0.410 e. The minimum Gasteiger partial charge on any atom is -0.489 e. The van der Waals surface area contributed by atoms with E-state index in [9.17, 15) is 9.59 Å². The number of nitrogens with zero attached hydrogens (tertiary/aromatic N) is 4. The van der Waals surface area contributed by atoms with Crippen molar-refractivity contribution in [3.05, 3.63) is 29.6 Å². The van der Waals surface area contributed by atoms with Gasteiger partial charge in [-0.05, 0) is 110 Å². The Hall–Kier alpha value is -2.85. The Bertz CT molecular complexity index is 1460. The van der Waals surface area contributed by atoms with E-state index < -0.39 is 13.7 Å². The Balaban J connectivity index is 1.33. The van der Waals surface area contributed by atoms with Gasteiger partial charge < -0.3 is 28.6 Å². The molecule has 1 saturated heterocycles. The fraction of sp³-hybridized carbons (Fsp3) is 0.711. The van der Waals surface area contributed by atoms with E-state index in [1.807, 2.05) is 31.9 Å². The van der Waals surface area contributed by atoms with Crippen LogP contribution in [0, 0.1) is 5.92 Å². The van der Waals surface area contributed by atoms with Crippen molar-refractivity contribution >= 4 is 25.8 Å². The Kier molecular flexibility index (Phi) is 10.3. The van der Waals surface area contributed by atoms with Crippen LogP contribution in [0.5, 0.6) is 5.75 Å². The predicted molar refractivity (Wildman–Crippen MR) is 192 cm³/mol. The van der Waals surface area contributed by atoms with Crippen LogP contribution >= 0.6 is 0 Å². The van der Waals surface area contributed by atoms with Gasteiger partial charge in [-0.25, -0.2) is 9.78 Å². The third-order valence-corrected chi connectivity index (χ3v) is 12.1. The van der Waals surface area contributed by atoms with Crippen molar-refractivity contribution in [2.24, 2.45) is 5.92 Å². The molecule has 2 aliphatic heterocycles. The van der Waals surface area contributed by atoms with E-state index in [2.05, 4.69) is 48.2 Å². The number of rotatable bonds is 11. The average molecular weight is 679 g/mol. The number of amides is 2. The topological polar surface area (TPSA) is 86.1 Å². The Labute approximate surface area is 288 Å². The molecule has 2 saturated carbocycles. The van der Waals surface area contributed by atoms with Crippen LogP contribution in [0.1, 0.15) is 103 Å². The number of hydrogen-bond donors (Lipinski definition) is 0. The lowest BCUT2D eigenvalue weighted by Gasteiger charge is -2.38. The van der Waals surface area contributed by atoms with Gasteiger partial charge >= 0.3 is 6.09 Å². The summed E-state index contributed by atoms with van der Waals surface area (Å²) in [7, 11) is -1.26. The fourth-order valence-electron chi connectivity index (χ4n) is 7.10. The number of fused-ring (bicyclic) bond motifs is 1. The van der Waals surface area contributed by atoms with Crippen LogP contribution in [0.2, 0.25) is 25.7 Å². The fourth-order valence-corrected chi connectivity index (χ4v) is 7.86. The normalized spacial score (nSPS) is 20.8. The first-order valence-electron chi connectivity index (χ1n) is 18.5. The molecule has 0 N–H and O–H groups in total. The molecule has 1 atom stereocenters. The number of hydrogen-bond acceptors (Lipinski definition) is 6. The van der Waals surface area contributed by atoms with Gasteiger partial charge in [0.25, 0.3) is 0 Å². The number of carbonyl (C=O) groups is 2. The van der Waals surface area contributed by atoms with Crippen LogP contribution in [0.15, 0.2) is 18.3 Å². The first-order valence-corrected chi connectivity index (χ1v) is 22.2. The van der Waals surface area contributed by atoms with Gasteiger partial charge in [0.1, 0.15) is 23.9 Å². The smallest absolute Gasteiger partial charge is 0.410 e. The largest absolute Gasteiger partial charge is 0.489 e. The first-order chi connectivity index (χ1) is 22.8. The Morgan fingerprint density at radius 1 is 1.00 bits per heavy atom. The highest BCUT2D eigenvalue weighted by atomic mass is 28.3. The van der Waals surface area contributed by atoms with Gasteiger partial charge in [0, 0.05) is 63.6 Å². The molecule has 2 aliphatic carbocycles. The number of anilines is 1. The predicted octanol–water partition coefficient (Wildman–Crippen LogP) is 8.38. The molecule has 0 bridgehead atoms. The van der Waals surface area contributed by atoms with Gasteiger partial charge in [-0.1, -0.05) is 19.6 Å². The van der Waals surface area contributed by atoms with Gasteiger partial charge in [0.15, 0.2) is 0 Å². The molecule has 0 radical (unpaired) electrons. The zero-order chi connectivity index (χ0) is 34.2. The summed E-state index contributed by atoms with van der Waals surface area (Å²) in [4.78, 5) is 35.4. The van der Waals surface area contributed by atoms with Crippen LogP contribution in [-0.4, -0.2) is 72.0 Å². The summed E-state index contributed by atoms with van der Waals surface area (Å²) >= 11 is 0. The summed E-state index contributed by atoms with van der Waals surface area (Å²) in [6, 6.07) is 5.55. The summed E-state index contributed by atoms with van der Waals surface area (Å²) in [5.41, 5.74) is 3.77. The highest BCUT2D eigenvalue weighted by Crippen LogP contribution is 2.46. The molecule has 6 rings (SSSR count). The standard InChI is InChI=1S/C38H58N4O5Si/c1-26-11-14-30-32(42(26)34(43)23-27-12-13-27)16-15-31(35(30)46-29-9-8-10-29)36-39-24-33(41(36)25-45-21-22-48(5,6)7)28-17-19-40(20-18-28)37(44)47-38(2,3)4/h15-16,24,26-29H,8-14,17-23,25H2,1-7H3/t26-/m0/s1. The molecular formula is C38H58N4O5Si. The highest BCUT2D eigenvalue weighted by molar-refractivity contribution is 6.76. The molecule has 48 heavy (non-hydrogen) atoms. The summed E-state index contributed by atoms with van der Waals surface area (Å²) in [6.07, 6.45) is 11.7. The van der Waals surface area contributed by atoms with Crippen molar-refractivity contribution < 1.29 is 23.8 Å². The lowest BCUT2D eigenvalue weighted by molar-refractivity contribution is -0.119. The number of imidazole rings is 1. The van der Waals surface area contributed by atoms with E-state index >= 15 is 0 Å².